The summed E-state index contributed by atoms with van der Waals surface area (Å²) in [5.41, 5.74) is 2.30. The molecule has 124 valence electrons. The predicted molar refractivity (Wildman–Crippen MR) is 90.8 cm³/mol. The molecule has 0 aliphatic carbocycles. The topological polar surface area (TPSA) is 80.1 Å². The highest BCUT2D eigenvalue weighted by Gasteiger charge is 2.24. The van der Waals surface area contributed by atoms with E-state index in [9.17, 15) is 9.00 Å². The molecule has 0 aliphatic heterocycles. The second kappa shape index (κ2) is 7.47. The molecular formula is C15H21N5O2S. The maximum Gasteiger partial charge on any atom is 0.244 e. The van der Waals surface area contributed by atoms with Gasteiger partial charge in [-0.15, -0.1) is 0 Å². The van der Waals surface area contributed by atoms with Gasteiger partial charge in [-0.3, -0.25) is 9.78 Å². The number of hydrogen-bond acceptors (Lipinski definition) is 4. The molecule has 2 aromatic rings. The molecule has 0 bridgehead atoms. The second-order valence-electron chi connectivity index (χ2n) is 5.13. The summed E-state index contributed by atoms with van der Waals surface area (Å²) >= 11 is 0. The first-order chi connectivity index (χ1) is 10.9. The van der Waals surface area contributed by atoms with Crippen LogP contribution in [0.2, 0.25) is 0 Å². The molecule has 1 N–H and O–H groups in total. The van der Waals surface area contributed by atoms with Crippen molar-refractivity contribution in [1.82, 2.24) is 19.5 Å². The number of aryl methyl sites for hydroxylation is 1. The van der Waals surface area contributed by atoms with Gasteiger partial charge in [-0.1, -0.05) is 0 Å². The molecule has 23 heavy (non-hydrogen) atoms. The zero-order chi connectivity index (χ0) is 17.0. The van der Waals surface area contributed by atoms with Crippen molar-refractivity contribution in [3.63, 3.8) is 0 Å². The van der Waals surface area contributed by atoms with Crippen LogP contribution >= 0.6 is 0 Å². The molecule has 2 rings (SSSR count). The number of aromatic nitrogens is 3. The van der Waals surface area contributed by atoms with E-state index in [1.807, 2.05) is 32.2 Å². The molecule has 0 aromatic carbocycles. The summed E-state index contributed by atoms with van der Waals surface area (Å²) in [6.45, 7) is 5.95. The van der Waals surface area contributed by atoms with Crippen LogP contribution in [-0.2, 0) is 15.8 Å². The minimum absolute atomic E-state index is 0.142. The Morgan fingerprint density at radius 3 is 2.83 bits per heavy atom. The van der Waals surface area contributed by atoms with E-state index >= 15 is 0 Å². The summed E-state index contributed by atoms with van der Waals surface area (Å²) in [5, 5.41) is 4.45. The van der Waals surface area contributed by atoms with Gasteiger partial charge in [-0.05, 0) is 32.9 Å². The fourth-order valence-corrected chi connectivity index (χ4v) is 2.91. The van der Waals surface area contributed by atoms with Crippen LogP contribution in [0.3, 0.4) is 0 Å². The average Bonchev–Trinajstić information content (AvgIpc) is 2.90. The quantitative estimate of drug-likeness (QED) is 0.860. The molecule has 0 aliphatic rings. The number of nitrogens with one attached hydrogen (secondary N) is 1. The van der Waals surface area contributed by atoms with Crippen molar-refractivity contribution in [1.29, 1.82) is 0 Å². The third-order valence-electron chi connectivity index (χ3n) is 3.37. The third-order valence-corrected chi connectivity index (χ3v) is 4.06. The minimum Gasteiger partial charge on any atom is -0.308 e. The fourth-order valence-electron chi connectivity index (χ4n) is 2.32. The highest BCUT2D eigenvalue weighted by atomic mass is 32.2. The summed E-state index contributed by atoms with van der Waals surface area (Å²) < 4.78 is 15.7. The lowest BCUT2D eigenvalue weighted by atomic mass is 10.2. The maximum atomic E-state index is 12.6. The molecule has 2 atom stereocenters. The van der Waals surface area contributed by atoms with Crippen molar-refractivity contribution >= 4 is 22.6 Å². The van der Waals surface area contributed by atoms with Gasteiger partial charge >= 0.3 is 0 Å². The second-order valence-corrected chi connectivity index (χ2v) is 6.28. The Morgan fingerprint density at radius 1 is 1.52 bits per heavy atom. The number of pyridine rings is 1. The average molecular weight is 335 g/mol. The lowest BCUT2D eigenvalue weighted by Gasteiger charge is -2.23. The first kappa shape index (κ1) is 17.3. The van der Waals surface area contributed by atoms with Gasteiger partial charge in [-0.25, -0.2) is 13.6 Å². The van der Waals surface area contributed by atoms with Crippen LogP contribution < -0.4 is 9.62 Å². The normalized spacial score (nSPS) is 13.6. The molecular weight excluding hydrogens is 314 g/mol. The van der Waals surface area contributed by atoms with Crippen LogP contribution in [0.5, 0.6) is 0 Å². The van der Waals surface area contributed by atoms with Gasteiger partial charge in [0.25, 0.3) is 0 Å². The number of likely N-dealkylation sites (N-methyl/N-ethyl adjacent to an activating group) is 1. The Bertz CT molecular complexity index is 701. The van der Waals surface area contributed by atoms with Gasteiger partial charge in [0.1, 0.15) is 0 Å². The Balaban J connectivity index is 2.30. The van der Waals surface area contributed by atoms with Crippen LogP contribution in [0.25, 0.3) is 5.69 Å². The maximum absolute atomic E-state index is 12.6. The Morgan fingerprint density at radius 2 is 2.26 bits per heavy atom. The predicted octanol–water partition coefficient (Wildman–Crippen LogP) is 1.20. The summed E-state index contributed by atoms with van der Waals surface area (Å²) in [4.78, 5) is 18.3. The molecule has 2 heterocycles. The summed E-state index contributed by atoms with van der Waals surface area (Å²) in [7, 11) is -1.25. The van der Waals surface area contributed by atoms with Crippen LogP contribution in [-0.4, -0.2) is 43.7 Å². The van der Waals surface area contributed by atoms with Gasteiger partial charge in [-0.2, -0.15) is 5.10 Å². The van der Waals surface area contributed by atoms with Crippen molar-refractivity contribution in [2.75, 3.05) is 17.7 Å². The van der Waals surface area contributed by atoms with E-state index in [0.717, 1.165) is 17.1 Å². The Labute approximate surface area is 138 Å². The molecule has 2 aromatic heterocycles. The smallest absolute Gasteiger partial charge is 0.244 e. The van der Waals surface area contributed by atoms with Crippen molar-refractivity contribution in [3.05, 3.63) is 36.4 Å². The fraction of sp³-hybridized carbons (Fsp3) is 0.400. The molecule has 0 spiro atoms. The van der Waals surface area contributed by atoms with E-state index < -0.39 is 17.0 Å². The van der Waals surface area contributed by atoms with Crippen molar-refractivity contribution in [2.24, 2.45) is 0 Å². The number of anilines is 1. The van der Waals surface area contributed by atoms with Crippen molar-refractivity contribution in [2.45, 2.75) is 26.8 Å². The number of carbonyl (C=O) groups excluding carboxylic acids is 1. The molecule has 7 nitrogen and oxygen atoms in total. The van der Waals surface area contributed by atoms with E-state index in [1.165, 1.54) is 6.26 Å². The Hall–Kier alpha value is -2.06. The van der Waals surface area contributed by atoms with Gasteiger partial charge in [0.2, 0.25) is 5.91 Å². The molecule has 2 unspecified atom stereocenters. The zero-order valence-electron chi connectivity index (χ0n) is 13.7. The van der Waals surface area contributed by atoms with Crippen LogP contribution in [0.4, 0.5) is 5.69 Å². The van der Waals surface area contributed by atoms with Gasteiger partial charge < -0.3 is 4.90 Å². The molecule has 0 saturated heterocycles. The van der Waals surface area contributed by atoms with Gasteiger partial charge in [0.15, 0.2) is 0 Å². The summed E-state index contributed by atoms with van der Waals surface area (Å²) in [6.07, 6.45) is 6.72. The SMILES string of the molecule is CCN(C(=O)C(C)NS(C)=O)c1cn(-c2cccnc2)nc1C. The molecule has 1 amide bonds. The Kier molecular flexibility index (Phi) is 5.62. The molecule has 0 radical (unpaired) electrons. The van der Waals surface area contributed by atoms with E-state index in [2.05, 4.69) is 14.8 Å². The van der Waals surface area contributed by atoms with Crippen LogP contribution in [0, 0.1) is 6.92 Å². The molecule has 0 saturated carbocycles. The first-order valence-corrected chi connectivity index (χ1v) is 8.87. The molecule has 0 fully saturated rings. The van der Waals surface area contributed by atoms with Crippen molar-refractivity contribution < 1.29 is 9.00 Å². The van der Waals surface area contributed by atoms with Gasteiger partial charge in [0.05, 0.1) is 46.5 Å². The van der Waals surface area contributed by atoms with Gasteiger partial charge in [0, 0.05) is 19.0 Å². The van der Waals surface area contributed by atoms with Crippen LogP contribution in [0.1, 0.15) is 19.5 Å². The first-order valence-electron chi connectivity index (χ1n) is 7.31. The van der Waals surface area contributed by atoms with E-state index in [-0.39, 0.29) is 5.91 Å². The number of nitrogens with zero attached hydrogens (tertiary/aromatic N) is 4. The number of hydrogen-bond donors (Lipinski definition) is 1. The number of rotatable bonds is 6. The largest absolute Gasteiger partial charge is 0.308 e. The summed E-state index contributed by atoms with van der Waals surface area (Å²) in [6, 6.07) is 3.19. The van der Waals surface area contributed by atoms with E-state index in [4.69, 9.17) is 0 Å². The lowest BCUT2D eigenvalue weighted by molar-refractivity contribution is -0.119. The third kappa shape index (κ3) is 4.02. The lowest BCUT2D eigenvalue weighted by Crippen LogP contribution is -2.45. The monoisotopic (exact) mass is 335 g/mol. The van der Waals surface area contributed by atoms with E-state index in [1.54, 1.807) is 28.9 Å². The standard InChI is InChI=1S/C15H21N5O2S/c1-5-19(15(21)12(3)18-23(4)22)14-10-20(17-11(14)2)13-7-6-8-16-9-13/h6-10,12,18H,5H2,1-4H3. The van der Waals surface area contributed by atoms with Crippen LogP contribution in [0.15, 0.2) is 30.7 Å². The number of amides is 1. The zero-order valence-corrected chi connectivity index (χ0v) is 14.5. The summed E-state index contributed by atoms with van der Waals surface area (Å²) in [5.74, 6) is -0.142. The highest BCUT2D eigenvalue weighted by molar-refractivity contribution is 7.82. The molecule has 8 heteroatoms. The minimum atomic E-state index is -1.25. The number of carbonyl (C=O) groups is 1. The van der Waals surface area contributed by atoms with Crippen molar-refractivity contribution in [3.8, 4) is 5.69 Å². The van der Waals surface area contributed by atoms with E-state index in [0.29, 0.717) is 6.54 Å². The highest BCUT2D eigenvalue weighted by Crippen LogP contribution is 2.21.